The van der Waals surface area contributed by atoms with Crippen LogP contribution in [-0.4, -0.2) is 14.7 Å². The summed E-state index contributed by atoms with van der Waals surface area (Å²) in [5.41, 5.74) is 0. The second-order valence-electron chi connectivity index (χ2n) is 2.06. The van der Waals surface area contributed by atoms with Gasteiger partial charge < -0.3 is 0 Å². The van der Waals surface area contributed by atoms with Crippen LogP contribution in [0.1, 0.15) is 6.92 Å². The topological polar surface area (TPSA) is 25.8 Å². The molecule has 0 aromatic carbocycles. The van der Waals surface area contributed by atoms with Gasteiger partial charge in [-0.2, -0.15) is 0 Å². The summed E-state index contributed by atoms with van der Waals surface area (Å²) in [4.78, 5) is 9.11. The maximum atomic E-state index is 5.85. The van der Waals surface area contributed by atoms with E-state index in [-0.39, 0.29) is 4.71 Å². The van der Waals surface area contributed by atoms with Gasteiger partial charge >= 0.3 is 0 Å². The Morgan fingerprint density at radius 1 is 1.23 bits per heavy atom. The van der Waals surface area contributed by atoms with E-state index >= 15 is 0 Å². The fourth-order valence-corrected chi connectivity index (χ4v) is 3.88. The second kappa shape index (κ2) is 5.30. The first-order chi connectivity index (χ1) is 6.00. The van der Waals surface area contributed by atoms with Gasteiger partial charge in [0.15, 0.2) is 4.73 Å². The van der Waals surface area contributed by atoms with Crippen molar-refractivity contribution in [1.82, 2.24) is 9.97 Å². The van der Waals surface area contributed by atoms with Crippen molar-refractivity contribution in [2.45, 2.75) is 16.5 Å². The molecule has 1 aromatic rings. The number of nitrogens with zero attached hydrogens (tertiary/aromatic N) is 2. The highest BCUT2D eigenvalue weighted by molar-refractivity contribution is 9.11. The van der Waals surface area contributed by atoms with E-state index < -0.39 is 0 Å². The zero-order valence-corrected chi connectivity index (χ0v) is 12.7. The van der Waals surface area contributed by atoms with Crippen LogP contribution < -0.4 is 0 Å². The molecule has 13 heavy (non-hydrogen) atoms. The van der Waals surface area contributed by atoms with E-state index in [1.165, 1.54) is 11.8 Å². The first-order valence-corrected chi connectivity index (χ1v) is 6.89. The van der Waals surface area contributed by atoms with Crippen LogP contribution in [0.25, 0.3) is 0 Å². The number of hydrogen-bond donors (Lipinski definition) is 0. The van der Waals surface area contributed by atoms with Gasteiger partial charge in [0.25, 0.3) is 0 Å². The maximum absolute atomic E-state index is 5.85. The second-order valence-corrected chi connectivity index (χ2v) is 6.54. The van der Waals surface area contributed by atoms with E-state index in [1.54, 1.807) is 0 Å². The van der Waals surface area contributed by atoms with Crippen LogP contribution in [0.4, 0.5) is 0 Å². The van der Waals surface area contributed by atoms with Crippen molar-refractivity contribution >= 4 is 71.2 Å². The monoisotopic (exact) mass is 408 g/mol. The highest BCUT2D eigenvalue weighted by atomic mass is 79.9. The number of hydrogen-bond acceptors (Lipinski definition) is 3. The Morgan fingerprint density at radius 3 is 2.08 bits per heavy atom. The third-order valence-corrected chi connectivity index (χ3v) is 4.28. The SMILES string of the molecule is CC(Cl)Sc1c(Br)nc(Br)nc1Br. The lowest BCUT2D eigenvalue weighted by Crippen LogP contribution is -1.92. The van der Waals surface area contributed by atoms with Gasteiger partial charge in [0.1, 0.15) is 9.21 Å². The number of alkyl halides is 1. The van der Waals surface area contributed by atoms with Gasteiger partial charge in [-0.15, -0.1) is 23.4 Å². The molecule has 0 aliphatic carbocycles. The Balaban J connectivity index is 3.06. The van der Waals surface area contributed by atoms with Gasteiger partial charge in [-0.25, -0.2) is 9.97 Å². The van der Waals surface area contributed by atoms with Crippen molar-refractivity contribution in [1.29, 1.82) is 0 Å². The highest BCUT2D eigenvalue weighted by Crippen LogP contribution is 2.36. The van der Waals surface area contributed by atoms with E-state index in [2.05, 4.69) is 57.8 Å². The zero-order valence-electron chi connectivity index (χ0n) is 6.39. The fraction of sp³-hybridized carbons (Fsp3) is 0.333. The van der Waals surface area contributed by atoms with Crippen molar-refractivity contribution in [3.63, 3.8) is 0 Å². The molecular weight excluding hydrogens is 407 g/mol. The molecule has 7 heteroatoms. The third kappa shape index (κ3) is 3.66. The van der Waals surface area contributed by atoms with Crippen LogP contribution in [0, 0.1) is 0 Å². The van der Waals surface area contributed by atoms with Crippen LogP contribution in [0.2, 0.25) is 0 Å². The standard InChI is InChI=1S/C6H4Br3ClN2S/c1-2(10)13-3-4(7)11-6(9)12-5(3)8/h2H,1H3. The van der Waals surface area contributed by atoms with Gasteiger partial charge in [-0.3, -0.25) is 0 Å². The van der Waals surface area contributed by atoms with Crippen molar-refractivity contribution in [3.05, 3.63) is 13.9 Å². The largest absolute Gasteiger partial charge is 0.214 e. The summed E-state index contributed by atoms with van der Waals surface area (Å²) in [6.45, 7) is 1.90. The summed E-state index contributed by atoms with van der Waals surface area (Å²) >= 11 is 17.2. The van der Waals surface area contributed by atoms with Gasteiger partial charge in [0, 0.05) is 0 Å². The minimum atomic E-state index is -0.0163. The molecule has 0 aliphatic heterocycles. The quantitative estimate of drug-likeness (QED) is 0.312. The van der Waals surface area contributed by atoms with Gasteiger partial charge in [-0.05, 0) is 54.7 Å². The molecule has 0 aliphatic rings. The predicted molar refractivity (Wildman–Crippen MR) is 66.3 cm³/mol. The molecule has 0 amide bonds. The van der Waals surface area contributed by atoms with E-state index in [9.17, 15) is 0 Å². The van der Waals surface area contributed by atoms with E-state index in [4.69, 9.17) is 11.6 Å². The predicted octanol–water partition coefficient (Wildman–Crippen LogP) is 4.44. The lowest BCUT2D eigenvalue weighted by atomic mass is 10.7. The minimum absolute atomic E-state index is 0.0163. The van der Waals surface area contributed by atoms with Crippen LogP contribution in [0.5, 0.6) is 0 Å². The number of rotatable bonds is 2. The Morgan fingerprint density at radius 2 is 1.69 bits per heavy atom. The maximum Gasteiger partial charge on any atom is 0.198 e. The molecule has 1 unspecified atom stereocenters. The Kier molecular flexibility index (Phi) is 4.99. The van der Waals surface area contributed by atoms with Crippen LogP contribution >= 0.6 is 71.2 Å². The third-order valence-electron chi connectivity index (χ3n) is 1.04. The molecule has 2 nitrogen and oxygen atoms in total. The lowest BCUT2D eigenvalue weighted by Gasteiger charge is -2.06. The van der Waals surface area contributed by atoms with Crippen molar-refractivity contribution < 1.29 is 0 Å². The van der Waals surface area contributed by atoms with Gasteiger partial charge in [0.05, 0.1) is 9.60 Å². The summed E-state index contributed by atoms with van der Waals surface area (Å²) < 4.78 is 1.99. The molecule has 0 saturated heterocycles. The summed E-state index contributed by atoms with van der Waals surface area (Å²) in [6, 6.07) is 0. The molecule has 0 bridgehead atoms. The average molecular weight is 411 g/mol. The zero-order chi connectivity index (χ0) is 10.0. The molecule has 0 saturated carbocycles. The van der Waals surface area contributed by atoms with Crippen molar-refractivity contribution in [2.75, 3.05) is 0 Å². The van der Waals surface area contributed by atoms with Crippen molar-refractivity contribution in [2.24, 2.45) is 0 Å². The molecule has 1 heterocycles. The first-order valence-electron chi connectivity index (χ1n) is 3.20. The molecule has 0 fully saturated rings. The van der Waals surface area contributed by atoms with Crippen LogP contribution in [0.15, 0.2) is 18.8 Å². The Labute approximate surface area is 111 Å². The molecular formula is C6H4Br3ClN2S. The fourth-order valence-electron chi connectivity index (χ4n) is 0.633. The Hall–Kier alpha value is 1.16. The van der Waals surface area contributed by atoms with Gasteiger partial charge in [-0.1, -0.05) is 0 Å². The normalized spacial score (nSPS) is 13.0. The first kappa shape index (κ1) is 12.2. The molecule has 0 radical (unpaired) electrons. The Bertz CT molecular complexity index is 298. The number of halogens is 4. The summed E-state index contributed by atoms with van der Waals surface area (Å²) in [5.74, 6) is 0. The van der Waals surface area contributed by atoms with Gasteiger partial charge in [0.2, 0.25) is 0 Å². The summed E-state index contributed by atoms with van der Waals surface area (Å²) in [5, 5.41) is 0. The molecule has 1 atom stereocenters. The lowest BCUT2D eigenvalue weighted by molar-refractivity contribution is 0.991. The van der Waals surface area contributed by atoms with Crippen LogP contribution in [0.3, 0.4) is 0 Å². The molecule has 1 rings (SSSR count). The van der Waals surface area contributed by atoms with E-state index in [1.807, 2.05) is 6.92 Å². The van der Waals surface area contributed by atoms with Crippen molar-refractivity contribution in [3.8, 4) is 0 Å². The molecule has 1 aromatic heterocycles. The molecule has 72 valence electrons. The van der Waals surface area contributed by atoms with E-state index in [0.29, 0.717) is 4.73 Å². The summed E-state index contributed by atoms with van der Waals surface area (Å²) in [6.07, 6.45) is 0. The minimum Gasteiger partial charge on any atom is -0.214 e. The van der Waals surface area contributed by atoms with Crippen LogP contribution in [-0.2, 0) is 0 Å². The summed E-state index contributed by atoms with van der Waals surface area (Å²) in [7, 11) is 0. The average Bonchev–Trinajstić information content (AvgIpc) is 1.96. The molecule has 0 N–H and O–H groups in total. The smallest absolute Gasteiger partial charge is 0.198 e. The van der Waals surface area contributed by atoms with E-state index in [0.717, 1.165) is 14.1 Å². The molecule has 0 spiro atoms. The number of thioether (sulfide) groups is 1. The highest BCUT2D eigenvalue weighted by Gasteiger charge is 2.12. The number of aromatic nitrogens is 2.